The van der Waals surface area contributed by atoms with E-state index in [1.54, 1.807) is 11.8 Å². The number of carbonyl (C=O) groups is 1. The molecule has 22 heavy (non-hydrogen) atoms. The molecule has 0 radical (unpaired) electrons. The molecule has 0 aliphatic carbocycles. The average molecular weight is 342 g/mol. The van der Waals surface area contributed by atoms with Crippen LogP contribution in [-0.2, 0) is 4.79 Å². The zero-order valence-corrected chi connectivity index (χ0v) is 14.4. The number of hydrogen-bond acceptors (Lipinski definition) is 4. The summed E-state index contributed by atoms with van der Waals surface area (Å²) >= 11 is 7.61. The first-order valence-electron chi connectivity index (χ1n) is 7.82. The predicted molar refractivity (Wildman–Crippen MR) is 93.7 cm³/mol. The van der Waals surface area contributed by atoms with Gasteiger partial charge in [-0.2, -0.15) is 0 Å². The van der Waals surface area contributed by atoms with Crippen molar-refractivity contribution in [3.05, 3.63) is 29.3 Å². The number of hydrogen-bond donors (Lipinski definition) is 2. The van der Waals surface area contributed by atoms with Crippen LogP contribution < -0.4 is 10.6 Å². The van der Waals surface area contributed by atoms with Crippen LogP contribution in [0.3, 0.4) is 0 Å². The van der Waals surface area contributed by atoms with Crippen LogP contribution >= 0.6 is 23.4 Å². The molecule has 1 fully saturated rings. The summed E-state index contributed by atoms with van der Waals surface area (Å²) in [4.78, 5) is 15.4. The normalized spacial score (nSPS) is 15.7. The number of halogens is 1. The van der Waals surface area contributed by atoms with Gasteiger partial charge in [0, 0.05) is 55.6 Å². The van der Waals surface area contributed by atoms with Crippen molar-refractivity contribution < 1.29 is 4.79 Å². The van der Waals surface area contributed by atoms with E-state index < -0.39 is 0 Å². The first-order chi connectivity index (χ1) is 10.7. The molecule has 1 heterocycles. The zero-order valence-electron chi connectivity index (χ0n) is 12.8. The van der Waals surface area contributed by atoms with Crippen LogP contribution in [0.2, 0.25) is 5.02 Å². The summed E-state index contributed by atoms with van der Waals surface area (Å²) in [7, 11) is 0. The molecule has 0 spiro atoms. The molecule has 0 unspecified atom stereocenters. The minimum absolute atomic E-state index is 0.159. The third-order valence-corrected chi connectivity index (χ3v) is 4.94. The van der Waals surface area contributed by atoms with Crippen LogP contribution in [-0.4, -0.2) is 55.8 Å². The molecule has 2 rings (SSSR count). The van der Waals surface area contributed by atoms with Crippen molar-refractivity contribution >= 4 is 29.3 Å². The number of amides is 1. The third-order valence-electron chi connectivity index (χ3n) is 3.59. The molecule has 2 N–H and O–H groups in total. The van der Waals surface area contributed by atoms with Crippen LogP contribution in [0.15, 0.2) is 29.2 Å². The fraction of sp³-hybridized carbons (Fsp3) is 0.562. The molecule has 6 heteroatoms. The molecule has 0 saturated carbocycles. The number of benzene rings is 1. The van der Waals surface area contributed by atoms with Crippen molar-refractivity contribution in [1.82, 2.24) is 15.5 Å². The van der Waals surface area contributed by atoms with E-state index in [2.05, 4.69) is 15.5 Å². The van der Waals surface area contributed by atoms with E-state index >= 15 is 0 Å². The molecule has 1 aromatic carbocycles. The summed E-state index contributed by atoms with van der Waals surface area (Å²) < 4.78 is 0. The van der Waals surface area contributed by atoms with Gasteiger partial charge in [0.25, 0.3) is 0 Å². The largest absolute Gasteiger partial charge is 0.355 e. The lowest BCUT2D eigenvalue weighted by atomic mass is 10.3. The summed E-state index contributed by atoms with van der Waals surface area (Å²) in [6.07, 6.45) is 1.49. The van der Waals surface area contributed by atoms with Crippen LogP contribution in [0.1, 0.15) is 12.8 Å². The lowest BCUT2D eigenvalue weighted by Gasteiger charge is -2.27. The van der Waals surface area contributed by atoms with Gasteiger partial charge in [-0.15, -0.1) is 11.8 Å². The number of thioether (sulfide) groups is 1. The number of rotatable bonds is 8. The van der Waals surface area contributed by atoms with Crippen LogP contribution in [0, 0.1) is 0 Å². The predicted octanol–water partition coefficient (Wildman–Crippen LogP) is 2.23. The highest BCUT2D eigenvalue weighted by molar-refractivity contribution is 7.99. The van der Waals surface area contributed by atoms with E-state index in [-0.39, 0.29) is 5.91 Å². The molecule has 4 nitrogen and oxygen atoms in total. The van der Waals surface area contributed by atoms with Crippen LogP contribution in [0.25, 0.3) is 0 Å². The molecule has 0 atom stereocenters. The maximum Gasteiger partial charge on any atom is 0.220 e. The fourth-order valence-electron chi connectivity index (χ4n) is 2.33. The standard InChI is InChI=1S/C16H24ClN3OS/c17-14-3-5-15(6-4-14)22-13-1-2-16(21)19-9-12-20-10-7-18-8-11-20/h3-6,18H,1-2,7-13H2,(H,19,21). The molecule has 1 saturated heterocycles. The molecule has 122 valence electrons. The van der Waals surface area contributed by atoms with Gasteiger partial charge in [0.2, 0.25) is 5.91 Å². The first kappa shape index (κ1) is 17.6. The Morgan fingerprint density at radius 2 is 2.00 bits per heavy atom. The Morgan fingerprint density at radius 1 is 1.27 bits per heavy atom. The molecule has 1 aromatic rings. The van der Waals surface area contributed by atoms with E-state index in [4.69, 9.17) is 11.6 Å². The maximum absolute atomic E-state index is 11.8. The second-order valence-corrected chi connectivity index (χ2v) is 6.95. The van der Waals surface area contributed by atoms with Gasteiger partial charge in [-0.25, -0.2) is 0 Å². The van der Waals surface area contributed by atoms with Gasteiger partial charge < -0.3 is 10.6 Å². The topological polar surface area (TPSA) is 44.4 Å². The lowest BCUT2D eigenvalue weighted by Crippen LogP contribution is -2.46. The van der Waals surface area contributed by atoms with Crippen molar-refractivity contribution in [2.24, 2.45) is 0 Å². The summed E-state index contributed by atoms with van der Waals surface area (Å²) in [6.45, 7) is 5.96. The first-order valence-corrected chi connectivity index (χ1v) is 9.18. The Labute approximate surface area is 142 Å². The van der Waals surface area contributed by atoms with E-state index in [0.717, 1.165) is 56.5 Å². The molecule has 1 aliphatic rings. The Morgan fingerprint density at radius 3 is 2.73 bits per heavy atom. The van der Waals surface area contributed by atoms with Crippen molar-refractivity contribution in [2.45, 2.75) is 17.7 Å². The SMILES string of the molecule is O=C(CCCSc1ccc(Cl)cc1)NCCN1CCNCC1. The summed E-state index contributed by atoms with van der Waals surface area (Å²) in [5.41, 5.74) is 0. The van der Waals surface area contributed by atoms with Gasteiger partial charge in [-0.3, -0.25) is 9.69 Å². The van der Waals surface area contributed by atoms with Gasteiger partial charge in [0.05, 0.1) is 0 Å². The van der Waals surface area contributed by atoms with Gasteiger partial charge >= 0.3 is 0 Å². The number of piperazine rings is 1. The van der Waals surface area contributed by atoms with Crippen molar-refractivity contribution in [1.29, 1.82) is 0 Å². The molecular formula is C16H24ClN3OS. The second kappa shape index (κ2) is 10.1. The summed E-state index contributed by atoms with van der Waals surface area (Å²) in [6, 6.07) is 7.82. The molecule has 1 amide bonds. The highest BCUT2D eigenvalue weighted by atomic mass is 35.5. The Kier molecular flexibility index (Phi) is 8.08. The number of nitrogens with zero attached hydrogens (tertiary/aromatic N) is 1. The van der Waals surface area contributed by atoms with Crippen LogP contribution in [0.4, 0.5) is 0 Å². The highest BCUT2D eigenvalue weighted by Crippen LogP contribution is 2.21. The van der Waals surface area contributed by atoms with Gasteiger partial charge in [0.1, 0.15) is 0 Å². The Hall–Kier alpha value is -0.750. The minimum atomic E-state index is 0.159. The fourth-order valence-corrected chi connectivity index (χ4v) is 3.31. The number of carbonyl (C=O) groups excluding carboxylic acids is 1. The van der Waals surface area contributed by atoms with Crippen LogP contribution in [0.5, 0.6) is 0 Å². The zero-order chi connectivity index (χ0) is 15.6. The minimum Gasteiger partial charge on any atom is -0.355 e. The molecule has 0 aromatic heterocycles. The van der Waals surface area contributed by atoms with Gasteiger partial charge in [-0.1, -0.05) is 11.6 Å². The van der Waals surface area contributed by atoms with E-state index in [9.17, 15) is 4.79 Å². The van der Waals surface area contributed by atoms with Crippen molar-refractivity contribution in [3.8, 4) is 0 Å². The maximum atomic E-state index is 11.8. The van der Waals surface area contributed by atoms with E-state index in [1.165, 1.54) is 4.90 Å². The van der Waals surface area contributed by atoms with E-state index in [0.29, 0.717) is 6.42 Å². The highest BCUT2D eigenvalue weighted by Gasteiger charge is 2.09. The monoisotopic (exact) mass is 341 g/mol. The van der Waals surface area contributed by atoms with Gasteiger partial charge in [-0.05, 0) is 36.4 Å². The molecule has 1 aliphatic heterocycles. The lowest BCUT2D eigenvalue weighted by molar-refractivity contribution is -0.121. The summed E-state index contributed by atoms with van der Waals surface area (Å²) in [5.74, 6) is 1.11. The Balaban J connectivity index is 1.49. The smallest absolute Gasteiger partial charge is 0.220 e. The van der Waals surface area contributed by atoms with Gasteiger partial charge in [0.15, 0.2) is 0 Å². The third kappa shape index (κ3) is 7.01. The summed E-state index contributed by atoms with van der Waals surface area (Å²) in [5, 5.41) is 7.09. The number of nitrogens with one attached hydrogen (secondary N) is 2. The van der Waals surface area contributed by atoms with Crippen molar-refractivity contribution in [3.63, 3.8) is 0 Å². The molecular weight excluding hydrogens is 318 g/mol. The average Bonchev–Trinajstić information content (AvgIpc) is 2.54. The van der Waals surface area contributed by atoms with E-state index in [1.807, 2.05) is 24.3 Å². The van der Waals surface area contributed by atoms with Crippen molar-refractivity contribution in [2.75, 3.05) is 45.0 Å². The molecule has 0 bridgehead atoms. The Bertz CT molecular complexity index is 449. The quantitative estimate of drug-likeness (QED) is 0.562. The second-order valence-electron chi connectivity index (χ2n) is 5.35.